The maximum absolute atomic E-state index is 12.8. The van der Waals surface area contributed by atoms with E-state index in [1.165, 1.54) is 6.07 Å². The Hall–Kier alpha value is -2.97. The molecular weight excluding hydrogens is 397 g/mol. The first kappa shape index (κ1) is 21.7. The van der Waals surface area contributed by atoms with E-state index < -0.39 is 17.2 Å². The Morgan fingerprint density at radius 3 is 2.70 bits per heavy atom. The van der Waals surface area contributed by atoms with Gasteiger partial charge in [0, 0.05) is 23.7 Å². The number of nitrogens with one attached hydrogen (secondary N) is 1. The zero-order chi connectivity index (χ0) is 21.9. The summed E-state index contributed by atoms with van der Waals surface area (Å²) < 4.78 is 38.3. The highest BCUT2D eigenvalue weighted by Crippen LogP contribution is 2.29. The Balaban J connectivity index is 1.60. The summed E-state index contributed by atoms with van der Waals surface area (Å²) >= 11 is 0. The van der Waals surface area contributed by atoms with Crippen LogP contribution < -0.4 is 5.32 Å². The van der Waals surface area contributed by atoms with Crippen molar-refractivity contribution in [1.82, 2.24) is 9.97 Å². The fraction of sp³-hybridized carbons (Fsp3) is 0.429. The normalized spacial score (nSPS) is 15.6. The van der Waals surface area contributed by atoms with Crippen molar-refractivity contribution in [3.8, 4) is 0 Å². The van der Waals surface area contributed by atoms with Crippen molar-refractivity contribution in [2.45, 2.75) is 52.8 Å². The van der Waals surface area contributed by atoms with E-state index in [2.05, 4.69) is 20.4 Å². The number of hydrogen-bond donors (Lipinski definition) is 1. The molecule has 0 spiro atoms. The van der Waals surface area contributed by atoms with Crippen molar-refractivity contribution >= 4 is 17.6 Å². The van der Waals surface area contributed by atoms with Gasteiger partial charge in [-0.25, -0.2) is 9.97 Å². The molecular formula is C21H23F3N4O2. The van der Waals surface area contributed by atoms with Gasteiger partial charge in [0.25, 0.3) is 0 Å². The van der Waals surface area contributed by atoms with Crippen molar-refractivity contribution in [2.24, 2.45) is 10.6 Å². The molecule has 160 valence electrons. The highest BCUT2D eigenvalue weighted by Gasteiger charge is 2.30. The molecule has 0 fully saturated rings. The van der Waals surface area contributed by atoms with E-state index in [4.69, 9.17) is 4.84 Å². The smallest absolute Gasteiger partial charge is 0.391 e. The maximum atomic E-state index is 12.8. The van der Waals surface area contributed by atoms with Gasteiger partial charge in [0.15, 0.2) is 0 Å². The average molecular weight is 420 g/mol. The van der Waals surface area contributed by atoms with Gasteiger partial charge in [0.05, 0.1) is 11.3 Å². The Morgan fingerprint density at radius 1 is 1.23 bits per heavy atom. The van der Waals surface area contributed by atoms with Crippen LogP contribution >= 0.6 is 0 Å². The van der Waals surface area contributed by atoms with Crippen LogP contribution in [-0.2, 0) is 35.3 Å². The van der Waals surface area contributed by atoms with E-state index in [0.29, 0.717) is 24.8 Å². The molecule has 6 nitrogen and oxygen atoms in total. The third-order valence-corrected chi connectivity index (χ3v) is 4.58. The summed E-state index contributed by atoms with van der Waals surface area (Å²) in [5.74, 6) is 0.110. The second-order valence-corrected chi connectivity index (χ2v) is 8.18. The molecule has 1 aliphatic rings. The number of oxime groups is 1. The van der Waals surface area contributed by atoms with Crippen LogP contribution in [-0.4, -0.2) is 21.6 Å². The number of carbonyl (C=O) groups is 1. The van der Waals surface area contributed by atoms with Crippen LogP contribution in [0.15, 0.2) is 35.6 Å². The van der Waals surface area contributed by atoms with E-state index in [1.54, 1.807) is 12.3 Å². The van der Waals surface area contributed by atoms with Crippen LogP contribution in [0.4, 0.5) is 19.1 Å². The predicted octanol–water partition coefficient (Wildman–Crippen LogP) is 4.54. The third-order valence-electron chi connectivity index (χ3n) is 4.58. The summed E-state index contributed by atoms with van der Waals surface area (Å²) in [5.41, 5.74) is 1.63. The largest absolute Gasteiger partial charge is 0.416 e. The Labute approximate surface area is 172 Å². The lowest BCUT2D eigenvalue weighted by Crippen LogP contribution is -2.29. The van der Waals surface area contributed by atoms with Crippen LogP contribution in [0, 0.1) is 5.41 Å². The van der Waals surface area contributed by atoms with Gasteiger partial charge in [0.1, 0.15) is 6.61 Å². The van der Waals surface area contributed by atoms with Crippen LogP contribution in [0.2, 0.25) is 0 Å². The predicted molar refractivity (Wildman–Crippen MR) is 106 cm³/mol. The monoisotopic (exact) mass is 420 g/mol. The lowest BCUT2D eigenvalue weighted by atomic mass is 9.95. The van der Waals surface area contributed by atoms with Gasteiger partial charge < -0.3 is 4.84 Å². The molecule has 0 bridgehead atoms. The van der Waals surface area contributed by atoms with Gasteiger partial charge in [0.2, 0.25) is 11.9 Å². The van der Waals surface area contributed by atoms with Crippen molar-refractivity contribution in [1.29, 1.82) is 0 Å². The summed E-state index contributed by atoms with van der Waals surface area (Å²) in [6.45, 7) is 5.38. The molecule has 30 heavy (non-hydrogen) atoms. The molecule has 0 aliphatic heterocycles. The minimum Gasteiger partial charge on any atom is -0.391 e. The molecule has 1 aromatic heterocycles. The number of carbonyl (C=O) groups excluding carboxylic acids is 1. The first-order chi connectivity index (χ1) is 14.0. The highest BCUT2D eigenvalue weighted by molar-refractivity contribution is 5.93. The van der Waals surface area contributed by atoms with Crippen molar-refractivity contribution in [3.05, 3.63) is 52.8 Å². The second kappa shape index (κ2) is 8.41. The lowest BCUT2D eigenvalue weighted by Gasteiger charge is -2.19. The number of nitrogens with zero attached hydrogens (tertiary/aromatic N) is 3. The summed E-state index contributed by atoms with van der Waals surface area (Å²) in [7, 11) is 0. The van der Waals surface area contributed by atoms with E-state index in [1.807, 2.05) is 20.8 Å². The number of fused-ring (bicyclic) bond motifs is 1. The van der Waals surface area contributed by atoms with Crippen molar-refractivity contribution in [2.75, 3.05) is 5.32 Å². The number of aryl methyl sites for hydroxylation is 1. The van der Waals surface area contributed by atoms with Gasteiger partial charge in [-0.15, -0.1) is 0 Å². The Morgan fingerprint density at radius 2 is 2.00 bits per heavy atom. The van der Waals surface area contributed by atoms with Crippen LogP contribution in [0.1, 0.15) is 49.6 Å². The first-order valence-corrected chi connectivity index (χ1v) is 9.52. The van der Waals surface area contributed by atoms with Crippen LogP contribution in [0.3, 0.4) is 0 Å². The van der Waals surface area contributed by atoms with Gasteiger partial charge >= 0.3 is 6.18 Å². The minimum absolute atomic E-state index is 0.0471. The first-order valence-electron chi connectivity index (χ1n) is 9.52. The molecule has 0 radical (unpaired) electrons. The number of hydrogen-bond acceptors (Lipinski definition) is 5. The fourth-order valence-corrected chi connectivity index (χ4v) is 2.84. The minimum atomic E-state index is -4.39. The van der Waals surface area contributed by atoms with Crippen molar-refractivity contribution in [3.63, 3.8) is 0 Å². The fourth-order valence-electron chi connectivity index (χ4n) is 2.84. The highest BCUT2D eigenvalue weighted by atomic mass is 19.4. The summed E-state index contributed by atoms with van der Waals surface area (Å²) in [6, 6.07) is 4.98. The lowest BCUT2D eigenvalue weighted by molar-refractivity contribution is -0.137. The van der Waals surface area contributed by atoms with Gasteiger partial charge in [-0.2, -0.15) is 13.2 Å². The average Bonchev–Trinajstić information content (AvgIpc) is 2.67. The number of aromatic nitrogens is 2. The number of amides is 1. The zero-order valence-electron chi connectivity index (χ0n) is 17.0. The molecule has 0 atom stereocenters. The standard InChI is InChI=1S/C21H23F3N4O2/c1-20(2,3)18(29)27-19-25-11-14-10-16(7-8-17(14)26-19)28-30-12-13-5-4-6-15(9-13)21(22,23)24/h4-6,9,11H,7-8,10,12H2,1-3H3,(H,25,26,27,29). The van der Waals surface area contributed by atoms with Gasteiger partial charge in [-0.1, -0.05) is 38.1 Å². The molecule has 1 amide bonds. The van der Waals surface area contributed by atoms with Gasteiger partial charge in [-0.3, -0.25) is 10.1 Å². The Kier molecular flexibility index (Phi) is 6.09. The number of halogens is 3. The summed E-state index contributed by atoms with van der Waals surface area (Å²) in [6.07, 6.45) is -1.02. The number of anilines is 1. The van der Waals surface area contributed by atoms with E-state index in [-0.39, 0.29) is 18.5 Å². The molecule has 1 aromatic carbocycles. The second-order valence-electron chi connectivity index (χ2n) is 8.18. The van der Waals surface area contributed by atoms with E-state index >= 15 is 0 Å². The molecule has 9 heteroatoms. The third kappa shape index (κ3) is 5.55. The van der Waals surface area contributed by atoms with Gasteiger partial charge in [-0.05, 0) is 36.1 Å². The number of benzene rings is 1. The molecule has 1 aliphatic carbocycles. The van der Waals surface area contributed by atoms with Crippen LogP contribution in [0.25, 0.3) is 0 Å². The Bertz CT molecular complexity index is 965. The summed E-state index contributed by atoms with van der Waals surface area (Å²) in [4.78, 5) is 26.0. The zero-order valence-corrected chi connectivity index (χ0v) is 17.0. The van der Waals surface area contributed by atoms with Crippen molar-refractivity contribution < 1.29 is 22.8 Å². The molecule has 0 unspecified atom stereocenters. The maximum Gasteiger partial charge on any atom is 0.416 e. The number of rotatable bonds is 4. The molecule has 2 aromatic rings. The molecule has 1 N–H and O–H groups in total. The SMILES string of the molecule is CC(C)(C)C(=O)Nc1ncc2c(n1)CCC(=NOCc1cccc(C(F)(F)F)c1)C2. The van der Waals surface area contributed by atoms with Crippen LogP contribution in [0.5, 0.6) is 0 Å². The topological polar surface area (TPSA) is 76.5 Å². The molecule has 0 saturated heterocycles. The van der Waals surface area contributed by atoms with E-state index in [9.17, 15) is 18.0 Å². The number of alkyl halides is 3. The molecule has 1 heterocycles. The molecule has 3 rings (SSSR count). The van der Waals surface area contributed by atoms with E-state index in [0.717, 1.165) is 29.1 Å². The quantitative estimate of drug-likeness (QED) is 0.737. The summed E-state index contributed by atoms with van der Waals surface area (Å²) in [5, 5.41) is 6.80. The molecule has 0 saturated carbocycles.